The Hall–Kier alpha value is -6.18. The highest BCUT2D eigenvalue weighted by molar-refractivity contribution is 6.26. The van der Waals surface area contributed by atoms with E-state index in [1.165, 1.54) is 82.0 Å². The molecule has 9 aromatic carbocycles. The minimum Gasteiger partial charge on any atom is -0.456 e. The summed E-state index contributed by atoms with van der Waals surface area (Å²) in [5, 5.41) is 9.89. The van der Waals surface area contributed by atoms with Gasteiger partial charge in [-0.25, -0.2) is 0 Å². The summed E-state index contributed by atoms with van der Waals surface area (Å²) in [4.78, 5) is 0. The van der Waals surface area contributed by atoms with Crippen molar-refractivity contribution in [2.75, 3.05) is 0 Å². The van der Waals surface area contributed by atoms with Crippen molar-refractivity contribution in [1.82, 2.24) is 0 Å². The first kappa shape index (κ1) is 26.1. The van der Waals surface area contributed by atoms with E-state index in [0.29, 0.717) is 0 Å². The topological polar surface area (TPSA) is 9.23 Å². The highest BCUT2D eigenvalue weighted by Gasteiger charge is 2.24. The summed E-state index contributed by atoms with van der Waals surface area (Å²) >= 11 is 0. The molecule has 218 valence electrons. The van der Waals surface area contributed by atoms with Gasteiger partial charge in [0.15, 0.2) is 0 Å². The third-order valence-corrected chi connectivity index (χ3v) is 9.88. The van der Waals surface area contributed by atoms with Crippen molar-refractivity contribution in [1.29, 1.82) is 0 Å². The molecule has 0 aliphatic carbocycles. The minimum atomic E-state index is 0.908. The molecule has 1 nitrogen and oxygen atoms in total. The van der Waals surface area contributed by atoms with E-state index in [9.17, 15) is 0 Å². The quantitative estimate of drug-likeness (QED) is 0.184. The maximum Gasteiger partial charge on any atom is 0.135 e. The van der Waals surface area contributed by atoms with Gasteiger partial charge < -0.3 is 4.74 Å². The number of hydrogen-bond acceptors (Lipinski definition) is 1. The summed E-state index contributed by atoms with van der Waals surface area (Å²) in [7, 11) is 0. The molecule has 1 aliphatic rings. The Morgan fingerprint density at radius 3 is 1.36 bits per heavy atom. The summed E-state index contributed by atoms with van der Waals surface area (Å²) < 4.78 is 6.47. The molecule has 0 N–H and O–H groups in total. The van der Waals surface area contributed by atoms with Crippen molar-refractivity contribution in [3.05, 3.63) is 170 Å². The Morgan fingerprint density at radius 1 is 0.255 bits per heavy atom. The van der Waals surface area contributed by atoms with Crippen LogP contribution in [0.25, 0.3) is 87.6 Å². The monoisotopic (exact) mass is 596 g/mol. The van der Waals surface area contributed by atoms with Crippen LogP contribution in [-0.2, 0) is 0 Å². The average Bonchev–Trinajstić information content (AvgIpc) is 3.14. The number of fused-ring (bicyclic) bond motifs is 5. The van der Waals surface area contributed by atoms with Gasteiger partial charge in [0.25, 0.3) is 0 Å². The zero-order valence-corrected chi connectivity index (χ0v) is 25.6. The van der Waals surface area contributed by atoms with Crippen LogP contribution in [0.4, 0.5) is 0 Å². The highest BCUT2D eigenvalue weighted by Crippen LogP contribution is 2.51. The van der Waals surface area contributed by atoms with Gasteiger partial charge in [-0.05, 0) is 88.8 Å². The summed E-state index contributed by atoms with van der Waals surface area (Å²) in [6, 6.07) is 61.5. The summed E-state index contributed by atoms with van der Waals surface area (Å²) in [5.41, 5.74) is 9.84. The van der Waals surface area contributed by atoms with Crippen molar-refractivity contribution < 1.29 is 4.74 Å². The molecule has 0 radical (unpaired) electrons. The number of para-hydroxylation sites is 1. The maximum absolute atomic E-state index is 6.47. The fourth-order valence-electron chi connectivity index (χ4n) is 7.89. The zero-order valence-electron chi connectivity index (χ0n) is 25.6. The Labute approximate surface area is 272 Å². The molecule has 0 fully saturated rings. The van der Waals surface area contributed by atoms with Gasteiger partial charge >= 0.3 is 0 Å². The second kappa shape index (κ2) is 10.2. The predicted octanol–water partition coefficient (Wildman–Crippen LogP) is 13.1. The lowest BCUT2D eigenvalue weighted by Crippen LogP contribution is -1.98. The molecular weight excluding hydrogens is 569 g/mol. The van der Waals surface area contributed by atoms with Crippen LogP contribution in [0.2, 0.25) is 0 Å². The smallest absolute Gasteiger partial charge is 0.135 e. The second-order valence-corrected chi connectivity index (χ2v) is 12.4. The molecule has 9 aromatic rings. The Bertz CT molecular complexity index is 2640. The predicted molar refractivity (Wildman–Crippen MR) is 198 cm³/mol. The van der Waals surface area contributed by atoms with Crippen molar-refractivity contribution in [3.63, 3.8) is 0 Å². The lowest BCUT2D eigenvalue weighted by molar-refractivity contribution is 0.487. The second-order valence-electron chi connectivity index (χ2n) is 12.4. The summed E-state index contributed by atoms with van der Waals surface area (Å²) in [6.07, 6.45) is 0. The van der Waals surface area contributed by atoms with E-state index in [4.69, 9.17) is 4.74 Å². The molecule has 47 heavy (non-hydrogen) atoms. The molecule has 0 amide bonds. The van der Waals surface area contributed by atoms with Crippen LogP contribution in [-0.4, -0.2) is 0 Å². The first-order valence-electron chi connectivity index (χ1n) is 16.2. The van der Waals surface area contributed by atoms with E-state index in [-0.39, 0.29) is 0 Å². The molecule has 1 heterocycles. The molecule has 0 atom stereocenters. The molecule has 0 spiro atoms. The molecule has 0 saturated heterocycles. The van der Waals surface area contributed by atoms with Gasteiger partial charge in [-0.1, -0.05) is 158 Å². The standard InChI is InChI=1S/C46H28O/c1-2-13-29(14-3-1)30-25-26-39(32-16-5-4-15-31(30)32)44-34-18-6-8-20-36(34)45(37-21-9-7-19-35(37)44)41-28-27-40-33-17-10-11-23-42(33)47-43-24-12-22-38(41)46(40)43/h1-28H. The van der Waals surface area contributed by atoms with Crippen LogP contribution < -0.4 is 4.74 Å². The number of rotatable bonds is 3. The van der Waals surface area contributed by atoms with E-state index in [2.05, 4.69) is 164 Å². The van der Waals surface area contributed by atoms with Crippen LogP contribution in [0, 0.1) is 0 Å². The average molecular weight is 597 g/mol. The van der Waals surface area contributed by atoms with Crippen LogP contribution in [0.1, 0.15) is 0 Å². The number of ether oxygens (including phenoxy) is 1. The van der Waals surface area contributed by atoms with Crippen LogP contribution in [0.5, 0.6) is 11.5 Å². The van der Waals surface area contributed by atoms with Crippen molar-refractivity contribution >= 4 is 43.1 Å². The molecular formula is C46H28O. The van der Waals surface area contributed by atoms with Gasteiger partial charge in [0, 0.05) is 10.9 Å². The van der Waals surface area contributed by atoms with Gasteiger partial charge in [0.2, 0.25) is 0 Å². The van der Waals surface area contributed by atoms with Gasteiger partial charge in [-0.2, -0.15) is 0 Å². The fourth-order valence-corrected chi connectivity index (χ4v) is 7.89. The molecule has 10 rings (SSSR count). The fraction of sp³-hybridized carbons (Fsp3) is 0. The third-order valence-electron chi connectivity index (χ3n) is 9.88. The van der Waals surface area contributed by atoms with Gasteiger partial charge in [0.05, 0.1) is 0 Å². The van der Waals surface area contributed by atoms with E-state index in [1.807, 2.05) is 6.07 Å². The van der Waals surface area contributed by atoms with Crippen LogP contribution in [0.3, 0.4) is 0 Å². The first-order chi connectivity index (χ1) is 23.3. The molecule has 1 aliphatic heterocycles. The SMILES string of the molecule is c1ccc(-c2ccc(-c3c4ccccc4c(-c4ccc5c6c(cccc46)Oc4ccccc4-5)c4ccccc34)c3ccccc23)cc1. The van der Waals surface area contributed by atoms with Gasteiger partial charge in [-0.3, -0.25) is 0 Å². The van der Waals surface area contributed by atoms with E-state index in [1.54, 1.807) is 0 Å². The normalized spacial score (nSPS) is 12.0. The molecule has 0 aromatic heterocycles. The Kier molecular flexibility index (Phi) is 5.64. The van der Waals surface area contributed by atoms with E-state index in [0.717, 1.165) is 17.1 Å². The summed E-state index contributed by atoms with van der Waals surface area (Å²) in [5.74, 6) is 1.82. The molecule has 1 heteroatoms. The van der Waals surface area contributed by atoms with E-state index >= 15 is 0 Å². The Morgan fingerprint density at radius 2 is 0.702 bits per heavy atom. The largest absolute Gasteiger partial charge is 0.456 e. The molecule has 0 bridgehead atoms. The van der Waals surface area contributed by atoms with E-state index < -0.39 is 0 Å². The zero-order chi connectivity index (χ0) is 30.9. The third kappa shape index (κ3) is 3.84. The van der Waals surface area contributed by atoms with Crippen molar-refractivity contribution in [2.24, 2.45) is 0 Å². The van der Waals surface area contributed by atoms with Crippen molar-refractivity contribution in [2.45, 2.75) is 0 Å². The molecule has 0 unspecified atom stereocenters. The first-order valence-corrected chi connectivity index (χ1v) is 16.2. The maximum atomic E-state index is 6.47. The number of benzene rings is 9. The van der Waals surface area contributed by atoms with Crippen LogP contribution >= 0.6 is 0 Å². The van der Waals surface area contributed by atoms with Gasteiger partial charge in [-0.15, -0.1) is 0 Å². The van der Waals surface area contributed by atoms with Crippen LogP contribution in [0.15, 0.2) is 170 Å². The van der Waals surface area contributed by atoms with Crippen molar-refractivity contribution in [3.8, 4) is 56.0 Å². The molecule has 0 saturated carbocycles. The van der Waals surface area contributed by atoms with Gasteiger partial charge in [0.1, 0.15) is 11.5 Å². The lowest BCUT2D eigenvalue weighted by atomic mass is 9.82. The highest BCUT2D eigenvalue weighted by atomic mass is 16.5. The number of hydrogen-bond donors (Lipinski definition) is 0. The Balaban J connectivity index is 1.30. The lowest BCUT2D eigenvalue weighted by Gasteiger charge is -2.24. The summed E-state index contributed by atoms with van der Waals surface area (Å²) in [6.45, 7) is 0. The minimum absolute atomic E-state index is 0.908.